The minimum Gasteiger partial charge on any atom is -0.369 e. The van der Waals surface area contributed by atoms with Crippen molar-refractivity contribution in [3.63, 3.8) is 0 Å². The molecule has 0 amide bonds. The van der Waals surface area contributed by atoms with Crippen LogP contribution in [0.5, 0.6) is 0 Å². The first-order valence-corrected chi connectivity index (χ1v) is 6.20. The second-order valence-electron chi connectivity index (χ2n) is 4.77. The van der Waals surface area contributed by atoms with Crippen molar-refractivity contribution in [1.82, 2.24) is 14.5 Å². The zero-order valence-electron chi connectivity index (χ0n) is 10.3. The molecule has 2 N–H and O–H groups in total. The van der Waals surface area contributed by atoms with Gasteiger partial charge in [0.05, 0.1) is 5.69 Å². The molecule has 1 aromatic rings. The Morgan fingerprint density at radius 2 is 2.12 bits per heavy atom. The predicted octanol–water partition coefficient (Wildman–Crippen LogP) is 1.51. The number of nitrogens with two attached hydrogens (primary N) is 1. The molecule has 16 heavy (non-hydrogen) atoms. The summed E-state index contributed by atoms with van der Waals surface area (Å²) in [6.07, 6.45) is 4.62. The number of imidazole rings is 1. The van der Waals surface area contributed by atoms with Crippen molar-refractivity contribution in [2.75, 3.05) is 25.4 Å². The summed E-state index contributed by atoms with van der Waals surface area (Å²) in [5.74, 6) is 1.43. The van der Waals surface area contributed by atoms with E-state index in [9.17, 15) is 0 Å². The fourth-order valence-corrected chi connectivity index (χ4v) is 2.48. The normalized spacial score (nSPS) is 19.1. The Labute approximate surface area is 97.4 Å². The second-order valence-corrected chi connectivity index (χ2v) is 4.77. The third-order valence-electron chi connectivity index (χ3n) is 3.54. The molecule has 0 saturated carbocycles. The maximum absolute atomic E-state index is 5.85. The fourth-order valence-electron chi connectivity index (χ4n) is 2.48. The number of anilines is 1. The highest BCUT2D eigenvalue weighted by Gasteiger charge is 2.19. The van der Waals surface area contributed by atoms with E-state index in [1.54, 1.807) is 0 Å². The van der Waals surface area contributed by atoms with Gasteiger partial charge in [0.1, 0.15) is 0 Å². The van der Waals surface area contributed by atoms with Crippen molar-refractivity contribution in [2.45, 2.75) is 33.2 Å². The van der Waals surface area contributed by atoms with Crippen molar-refractivity contribution >= 4 is 5.95 Å². The third-order valence-corrected chi connectivity index (χ3v) is 3.54. The molecule has 0 bridgehead atoms. The minimum absolute atomic E-state index is 0.662. The lowest BCUT2D eigenvalue weighted by molar-refractivity contribution is 0.181. The molecule has 1 aliphatic heterocycles. The van der Waals surface area contributed by atoms with Gasteiger partial charge in [0, 0.05) is 12.7 Å². The highest BCUT2D eigenvalue weighted by atomic mass is 15.2. The fraction of sp³-hybridized carbons (Fsp3) is 0.750. The lowest BCUT2D eigenvalue weighted by Crippen LogP contribution is -2.34. The smallest absolute Gasteiger partial charge is 0.200 e. The first-order chi connectivity index (χ1) is 7.69. The number of likely N-dealkylation sites (tertiary alicyclic amines) is 1. The van der Waals surface area contributed by atoms with Crippen LogP contribution in [0.3, 0.4) is 0 Å². The van der Waals surface area contributed by atoms with Gasteiger partial charge in [0.25, 0.3) is 0 Å². The molecule has 1 fully saturated rings. The molecule has 2 rings (SSSR count). The Morgan fingerprint density at radius 3 is 2.62 bits per heavy atom. The Hall–Kier alpha value is -1.03. The Kier molecular flexibility index (Phi) is 3.49. The van der Waals surface area contributed by atoms with Crippen LogP contribution in [0.2, 0.25) is 0 Å². The van der Waals surface area contributed by atoms with E-state index in [-0.39, 0.29) is 0 Å². The van der Waals surface area contributed by atoms with Gasteiger partial charge >= 0.3 is 0 Å². The number of piperidine rings is 1. The van der Waals surface area contributed by atoms with Crippen LogP contribution in [-0.2, 0) is 6.54 Å². The molecule has 4 nitrogen and oxygen atoms in total. The molecular weight excluding hydrogens is 200 g/mol. The number of nitrogens with zero attached hydrogens (tertiary/aromatic N) is 3. The van der Waals surface area contributed by atoms with E-state index < -0.39 is 0 Å². The van der Waals surface area contributed by atoms with Crippen LogP contribution in [0, 0.1) is 12.8 Å². The number of hydrogen-bond acceptors (Lipinski definition) is 3. The predicted molar refractivity (Wildman–Crippen MR) is 66.2 cm³/mol. The van der Waals surface area contributed by atoms with Gasteiger partial charge in [-0.3, -0.25) is 0 Å². The minimum atomic E-state index is 0.662. The number of rotatable bonds is 3. The van der Waals surface area contributed by atoms with Gasteiger partial charge in [-0.25, -0.2) is 4.98 Å². The summed E-state index contributed by atoms with van der Waals surface area (Å²) in [5.41, 5.74) is 6.87. The molecule has 4 heteroatoms. The van der Waals surface area contributed by atoms with Crippen LogP contribution in [0.4, 0.5) is 5.95 Å². The van der Waals surface area contributed by atoms with E-state index >= 15 is 0 Å². The summed E-state index contributed by atoms with van der Waals surface area (Å²) in [6, 6.07) is 0. The maximum Gasteiger partial charge on any atom is 0.200 e. The van der Waals surface area contributed by atoms with Crippen molar-refractivity contribution in [1.29, 1.82) is 0 Å². The van der Waals surface area contributed by atoms with E-state index in [1.165, 1.54) is 32.5 Å². The van der Waals surface area contributed by atoms with Crippen LogP contribution in [0.25, 0.3) is 0 Å². The van der Waals surface area contributed by atoms with Gasteiger partial charge in [-0.05, 0) is 45.3 Å². The number of aryl methyl sites for hydroxylation is 1. The van der Waals surface area contributed by atoms with Crippen LogP contribution in [-0.4, -0.2) is 34.1 Å². The summed E-state index contributed by atoms with van der Waals surface area (Å²) in [5, 5.41) is 0. The Balaban J connectivity index is 1.89. The average molecular weight is 222 g/mol. The molecular formula is C12H22N4. The molecule has 0 aliphatic carbocycles. The molecule has 90 valence electrons. The molecule has 0 atom stereocenters. The first-order valence-electron chi connectivity index (χ1n) is 6.20. The molecule has 1 aromatic heterocycles. The summed E-state index contributed by atoms with van der Waals surface area (Å²) in [4.78, 5) is 6.75. The van der Waals surface area contributed by atoms with E-state index in [0.29, 0.717) is 5.95 Å². The van der Waals surface area contributed by atoms with Crippen molar-refractivity contribution < 1.29 is 0 Å². The molecule has 2 heterocycles. The molecule has 0 spiro atoms. The molecule has 0 unspecified atom stereocenters. The third kappa shape index (κ3) is 2.55. The first kappa shape index (κ1) is 11.5. The summed E-state index contributed by atoms with van der Waals surface area (Å²) in [6.45, 7) is 8.90. The highest BCUT2D eigenvalue weighted by molar-refractivity contribution is 5.21. The van der Waals surface area contributed by atoms with Gasteiger partial charge in [0.15, 0.2) is 5.95 Å². The van der Waals surface area contributed by atoms with Crippen LogP contribution in [0.1, 0.15) is 25.5 Å². The molecule has 0 radical (unpaired) electrons. The van der Waals surface area contributed by atoms with Gasteiger partial charge in [-0.2, -0.15) is 0 Å². The van der Waals surface area contributed by atoms with Gasteiger partial charge in [-0.1, -0.05) is 6.92 Å². The van der Waals surface area contributed by atoms with E-state index in [0.717, 1.165) is 18.2 Å². The number of hydrogen-bond donors (Lipinski definition) is 1. The van der Waals surface area contributed by atoms with E-state index in [1.807, 2.05) is 6.92 Å². The summed E-state index contributed by atoms with van der Waals surface area (Å²) in [7, 11) is 0. The summed E-state index contributed by atoms with van der Waals surface area (Å²) < 4.78 is 2.10. The second kappa shape index (κ2) is 4.87. The Bertz CT molecular complexity index is 337. The largest absolute Gasteiger partial charge is 0.369 e. The standard InChI is InChI=1S/C12H22N4/c1-3-15-6-4-11(5-7-15)9-16-8-10(2)14-12(16)13/h8,11H,3-7,9H2,1-2H3,(H2,13,14). The van der Waals surface area contributed by atoms with Crippen LogP contribution in [0.15, 0.2) is 6.20 Å². The quantitative estimate of drug-likeness (QED) is 0.843. The van der Waals surface area contributed by atoms with Crippen LogP contribution < -0.4 is 5.73 Å². The zero-order chi connectivity index (χ0) is 11.5. The zero-order valence-corrected chi connectivity index (χ0v) is 10.3. The highest BCUT2D eigenvalue weighted by Crippen LogP contribution is 2.20. The molecule has 1 saturated heterocycles. The van der Waals surface area contributed by atoms with Gasteiger partial charge < -0.3 is 15.2 Å². The molecule has 0 aromatic carbocycles. The lowest BCUT2D eigenvalue weighted by Gasteiger charge is -2.31. The van der Waals surface area contributed by atoms with Crippen LogP contribution >= 0.6 is 0 Å². The number of nitrogen functional groups attached to an aromatic ring is 1. The Morgan fingerprint density at radius 1 is 1.44 bits per heavy atom. The van der Waals surface area contributed by atoms with Gasteiger partial charge in [0.2, 0.25) is 0 Å². The van der Waals surface area contributed by atoms with E-state index in [2.05, 4.69) is 27.6 Å². The maximum atomic E-state index is 5.85. The van der Waals surface area contributed by atoms with E-state index in [4.69, 9.17) is 5.73 Å². The summed E-state index contributed by atoms with van der Waals surface area (Å²) >= 11 is 0. The van der Waals surface area contributed by atoms with Crippen molar-refractivity contribution in [3.8, 4) is 0 Å². The SMILES string of the molecule is CCN1CCC(Cn2cc(C)nc2N)CC1. The monoisotopic (exact) mass is 222 g/mol. The molecule has 1 aliphatic rings. The lowest BCUT2D eigenvalue weighted by atomic mass is 9.97. The van der Waals surface area contributed by atoms with Gasteiger partial charge in [-0.15, -0.1) is 0 Å². The average Bonchev–Trinajstić information content (AvgIpc) is 2.59. The van der Waals surface area contributed by atoms with Crippen molar-refractivity contribution in [2.24, 2.45) is 5.92 Å². The topological polar surface area (TPSA) is 47.1 Å². The number of aromatic nitrogens is 2. The van der Waals surface area contributed by atoms with Crippen molar-refractivity contribution in [3.05, 3.63) is 11.9 Å².